The number of fused-ring (bicyclic) bond motifs is 5. The van der Waals surface area contributed by atoms with Crippen molar-refractivity contribution in [2.24, 2.45) is 5.92 Å². The fourth-order valence-corrected chi connectivity index (χ4v) is 4.23. The second-order valence-electron chi connectivity index (χ2n) is 7.59. The van der Waals surface area contributed by atoms with Crippen LogP contribution in [0.15, 0.2) is 72.9 Å². The molecule has 1 aliphatic rings. The number of hydrogen-bond acceptors (Lipinski definition) is 1. The zero-order valence-electron chi connectivity index (χ0n) is 15.2. The molecule has 0 amide bonds. The van der Waals surface area contributed by atoms with Crippen molar-refractivity contribution in [2.75, 3.05) is 0 Å². The van der Waals surface area contributed by atoms with Gasteiger partial charge in [-0.3, -0.25) is 4.98 Å². The molecule has 0 fully saturated rings. The highest BCUT2D eigenvalue weighted by Crippen LogP contribution is 2.46. The maximum absolute atomic E-state index is 4.79. The largest absolute Gasteiger partial charge is 0.256 e. The van der Waals surface area contributed by atoms with Crippen molar-refractivity contribution in [3.8, 4) is 33.5 Å². The molecule has 0 atom stereocenters. The number of rotatable bonds is 2. The third-order valence-electron chi connectivity index (χ3n) is 5.28. The molecule has 126 valence electrons. The Hall–Kier alpha value is -2.93. The van der Waals surface area contributed by atoms with Crippen LogP contribution in [0.5, 0.6) is 0 Å². The van der Waals surface area contributed by atoms with Crippen LogP contribution in [-0.4, -0.2) is 4.98 Å². The van der Waals surface area contributed by atoms with Crippen LogP contribution in [0, 0.1) is 5.92 Å². The minimum Gasteiger partial charge on any atom is -0.256 e. The van der Waals surface area contributed by atoms with E-state index in [-0.39, 0.29) is 0 Å². The predicted molar refractivity (Wildman–Crippen MR) is 110 cm³/mol. The third-order valence-corrected chi connectivity index (χ3v) is 5.28. The van der Waals surface area contributed by atoms with Gasteiger partial charge >= 0.3 is 0 Å². The Balaban J connectivity index is 1.92. The lowest BCUT2D eigenvalue weighted by molar-refractivity contribution is 0.647. The molecule has 0 saturated carbocycles. The zero-order valence-corrected chi connectivity index (χ0v) is 15.2. The topological polar surface area (TPSA) is 12.9 Å². The van der Waals surface area contributed by atoms with E-state index in [9.17, 15) is 0 Å². The molecule has 0 bridgehead atoms. The first-order valence-corrected chi connectivity index (χ1v) is 9.33. The van der Waals surface area contributed by atoms with Gasteiger partial charge in [0.05, 0.1) is 5.69 Å². The molecule has 0 aliphatic heterocycles. The number of hydrogen-bond donors (Lipinski definition) is 0. The van der Waals surface area contributed by atoms with Crippen molar-refractivity contribution in [1.82, 2.24) is 4.98 Å². The van der Waals surface area contributed by atoms with Crippen molar-refractivity contribution >= 4 is 10.8 Å². The summed E-state index contributed by atoms with van der Waals surface area (Å²) in [5.74, 6) is 0.649. The minimum absolute atomic E-state index is 0.649. The van der Waals surface area contributed by atoms with E-state index >= 15 is 0 Å². The minimum atomic E-state index is 0.649. The van der Waals surface area contributed by atoms with Gasteiger partial charge in [0.1, 0.15) is 0 Å². The van der Waals surface area contributed by atoms with E-state index in [0.717, 1.165) is 12.1 Å². The molecule has 0 spiro atoms. The molecule has 1 heterocycles. The maximum atomic E-state index is 4.79. The predicted octanol–water partition coefficient (Wildman–Crippen LogP) is 6.75. The summed E-state index contributed by atoms with van der Waals surface area (Å²) < 4.78 is 0. The van der Waals surface area contributed by atoms with Gasteiger partial charge in [-0.2, -0.15) is 0 Å². The number of nitrogens with zero attached hydrogens (tertiary/aromatic N) is 1. The highest BCUT2D eigenvalue weighted by atomic mass is 14.7. The Bertz CT molecular complexity index is 1130. The lowest BCUT2D eigenvalue weighted by Crippen LogP contribution is -1.95. The van der Waals surface area contributed by atoms with Crippen molar-refractivity contribution in [3.63, 3.8) is 0 Å². The molecule has 1 heteroatoms. The summed E-state index contributed by atoms with van der Waals surface area (Å²) in [6.07, 6.45) is 3.03. The summed E-state index contributed by atoms with van der Waals surface area (Å²) in [6, 6.07) is 24.4. The van der Waals surface area contributed by atoms with Gasteiger partial charge in [-0.05, 0) is 51.6 Å². The van der Waals surface area contributed by atoms with E-state index < -0.39 is 0 Å². The monoisotopic (exact) mass is 335 g/mol. The van der Waals surface area contributed by atoms with Gasteiger partial charge in [-0.1, -0.05) is 74.5 Å². The molecule has 3 aromatic carbocycles. The van der Waals surface area contributed by atoms with Gasteiger partial charge in [0.15, 0.2) is 0 Å². The zero-order chi connectivity index (χ0) is 17.7. The van der Waals surface area contributed by atoms with E-state index in [1.807, 2.05) is 6.20 Å². The van der Waals surface area contributed by atoms with E-state index in [1.165, 1.54) is 44.2 Å². The maximum Gasteiger partial charge on any atom is 0.0792 e. The summed E-state index contributed by atoms with van der Waals surface area (Å²) in [6.45, 7) is 4.56. The van der Waals surface area contributed by atoms with Crippen LogP contribution in [-0.2, 0) is 6.42 Å². The molecule has 0 radical (unpaired) electrons. The quantitative estimate of drug-likeness (QED) is 0.348. The Morgan fingerprint density at radius 1 is 0.731 bits per heavy atom. The Morgan fingerprint density at radius 3 is 2.35 bits per heavy atom. The molecular weight excluding hydrogens is 314 g/mol. The summed E-state index contributed by atoms with van der Waals surface area (Å²) in [7, 11) is 0. The van der Waals surface area contributed by atoms with Crippen LogP contribution in [0.1, 0.15) is 19.4 Å². The first-order valence-electron chi connectivity index (χ1n) is 9.33. The molecule has 4 aromatic rings. The molecule has 1 aromatic heterocycles. The van der Waals surface area contributed by atoms with E-state index in [1.54, 1.807) is 0 Å². The van der Waals surface area contributed by atoms with Crippen LogP contribution in [0.25, 0.3) is 44.3 Å². The Kier molecular flexibility index (Phi) is 3.43. The number of aromatic nitrogens is 1. The first kappa shape index (κ1) is 15.3. The van der Waals surface area contributed by atoms with Crippen LogP contribution in [0.3, 0.4) is 0 Å². The van der Waals surface area contributed by atoms with Crippen LogP contribution in [0.2, 0.25) is 0 Å². The molecular formula is C25H21N. The van der Waals surface area contributed by atoms with E-state index in [2.05, 4.69) is 80.6 Å². The first-order chi connectivity index (χ1) is 12.7. The van der Waals surface area contributed by atoms with Crippen molar-refractivity contribution in [3.05, 3.63) is 78.5 Å². The van der Waals surface area contributed by atoms with Crippen LogP contribution >= 0.6 is 0 Å². The fraction of sp³-hybridized carbons (Fsp3) is 0.160. The standard InChI is InChI=1S/C25H21N/c1-16(2)14-17-10-11-20-21-9-5-6-18-12-13-26-25(24(18)21)22-8-4-3-7-19(22)23(20)15-17/h3-13,15-16H,14H2,1-2H3. The Morgan fingerprint density at radius 2 is 1.50 bits per heavy atom. The van der Waals surface area contributed by atoms with Gasteiger partial charge in [0.2, 0.25) is 0 Å². The molecule has 5 rings (SSSR count). The Labute approximate surface area is 154 Å². The van der Waals surface area contributed by atoms with Gasteiger partial charge < -0.3 is 0 Å². The second-order valence-corrected chi connectivity index (χ2v) is 7.59. The number of pyridine rings is 1. The average molecular weight is 335 g/mol. The summed E-state index contributed by atoms with van der Waals surface area (Å²) >= 11 is 0. The van der Waals surface area contributed by atoms with Gasteiger partial charge in [0.25, 0.3) is 0 Å². The molecule has 1 nitrogen and oxygen atoms in total. The smallest absolute Gasteiger partial charge is 0.0792 e. The summed E-state index contributed by atoms with van der Waals surface area (Å²) in [5, 5.41) is 2.51. The van der Waals surface area contributed by atoms with Crippen molar-refractivity contribution < 1.29 is 0 Å². The molecule has 1 aliphatic carbocycles. The lowest BCUT2D eigenvalue weighted by atomic mass is 9.90. The number of benzene rings is 3. The van der Waals surface area contributed by atoms with Crippen LogP contribution < -0.4 is 0 Å². The normalized spacial score (nSPS) is 12.0. The molecule has 26 heavy (non-hydrogen) atoms. The average Bonchev–Trinajstić information content (AvgIpc) is 2.77. The van der Waals surface area contributed by atoms with Gasteiger partial charge in [-0.25, -0.2) is 0 Å². The van der Waals surface area contributed by atoms with Gasteiger partial charge in [-0.15, -0.1) is 0 Å². The summed E-state index contributed by atoms with van der Waals surface area (Å²) in [4.78, 5) is 4.79. The third kappa shape index (κ3) is 2.28. The van der Waals surface area contributed by atoms with Gasteiger partial charge in [0, 0.05) is 17.1 Å². The van der Waals surface area contributed by atoms with E-state index in [0.29, 0.717) is 5.92 Å². The lowest BCUT2D eigenvalue weighted by Gasteiger charge is -2.13. The fourth-order valence-electron chi connectivity index (χ4n) is 4.23. The summed E-state index contributed by atoms with van der Waals surface area (Å²) in [5.41, 5.74) is 8.92. The van der Waals surface area contributed by atoms with Crippen molar-refractivity contribution in [1.29, 1.82) is 0 Å². The van der Waals surface area contributed by atoms with E-state index in [4.69, 9.17) is 4.98 Å². The molecule has 0 N–H and O–H groups in total. The van der Waals surface area contributed by atoms with Crippen LogP contribution in [0.4, 0.5) is 0 Å². The molecule has 0 unspecified atom stereocenters. The highest BCUT2D eigenvalue weighted by molar-refractivity contribution is 6.12. The SMILES string of the molecule is CC(C)Cc1ccc2c(c1)-c1ccccc1-c1nccc3cccc-2c13. The van der Waals surface area contributed by atoms with Crippen molar-refractivity contribution in [2.45, 2.75) is 20.3 Å². The molecule has 0 saturated heterocycles. The highest BCUT2D eigenvalue weighted by Gasteiger charge is 2.22. The second kappa shape index (κ2) is 5.81.